The van der Waals surface area contributed by atoms with Gasteiger partial charge in [-0.1, -0.05) is 108 Å². The molecule has 1 aliphatic rings. The van der Waals surface area contributed by atoms with Crippen molar-refractivity contribution < 1.29 is 0 Å². The highest BCUT2D eigenvalue weighted by atomic mass is 15.4. The van der Waals surface area contributed by atoms with Gasteiger partial charge in [-0.25, -0.2) is 9.36 Å². The van der Waals surface area contributed by atoms with Crippen LogP contribution in [0.15, 0.2) is 120 Å². The lowest BCUT2D eigenvalue weighted by molar-refractivity contribution is 0.267. The summed E-state index contributed by atoms with van der Waals surface area (Å²) < 4.78 is 3.79. The van der Waals surface area contributed by atoms with Crippen molar-refractivity contribution in [2.75, 3.05) is 13.1 Å². The largest absolute Gasteiger partial charge is 0.366 e. The molecule has 0 saturated heterocycles. The predicted molar refractivity (Wildman–Crippen MR) is 168 cm³/mol. The molecule has 6 rings (SSSR count). The maximum absolute atomic E-state index is 5.05. The van der Waals surface area contributed by atoms with Crippen molar-refractivity contribution in [1.82, 2.24) is 39.8 Å². The second-order valence-electron chi connectivity index (χ2n) is 11.0. The van der Waals surface area contributed by atoms with Gasteiger partial charge in [-0.15, -0.1) is 10.2 Å². The summed E-state index contributed by atoms with van der Waals surface area (Å²) >= 11 is 0. The predicted octanol–water partition coefficient (Wildman–Crippen LogP) is 5.18. The van der Waals surface area contributed by atoms with Crippen LogP contribution in [0.5, 0.6) is 0 Å². The molecular formula is C34H37N9. The van der Waals surface area contributed by atoms with E-state index < -0.39 is 0 Å². The van der Waals surface area contributed by atoms with E-state index in [1.165, 1.54) is 22.4 Å². The van der Waals surface area contributed by atoms with Crippen LogP contribution in [0, 0.1) is 0 Å². The lowest BCUT2D eigenvalue weighted by Gasteiger charge is -2.28. The second-order valence-corrected chi connectivity index (χ2v) is 11.0. The van der Waals surface area contributed by atoms with E-state index in [0.29, 0.717) is 32.7 Å². The summed E-state index contributed by atoms with van der Waals surface area (Å²) in [6, 6.07) is 31.2. The van der Waals surface area contributed by atoms with Gasteiger partial charge in [0.1, 0.15) is 0 Å². The zero-order valence-electron chi connectivity index (χ0n) is 24.6. The van der Waals surface area contributed by atoms with Gasteiger partial charge in [-0.3, -0.25) is 9.89 Å². The van der Waals surface area contributed by atoms with Crippen LogP contribution in [0.3, 0.4) is 0 Å². The number of benzene rings is 3. The summed E-state index contributed by atoms with van der Waals surface area (Å²) in [5, 5.41) is 17.9. The molecule has 9 nitrogen and oxygen atoms in total. The number of aromatic nitrogens is 6. The molecule has 0 fully saturated rings. The minimum absolute atomic E-state index is 0.618. The molecule has 1 aliphatic heterocycles. The smallest absolute Gasteiger partial charge is 0.0967 e. The molecule has 2 aromatic heterocycles. The Balaban J connectivity index is 1.20. The third kappa shape index (κ3) is 8.11. The molecule has 0 bridgehead atoms. The van der Waals surface area contributed by atoms with E-state index in [1.54, 1.807) is 0 Å². The van der Waals surface area contributed by atoms with Gasteiger partial charge in [0.25, 0.3) is 0 Å². The summed E-state index contributed by atoms with van der Waals surface area (Å²) in [7, 11) is 0. The SMILES string of the molecule is CCC1=NC(CN(Cc2cn(Cc3ccccc3)nn2)Cc2cn(Cc3ccccc3)nn2)=CN(Cc2ccccc2)C1. The highest BCUT2D eigenvalue weighted by Crippen LogP contribution is 2.18. The molecule has 0 radical (unpaired) electrons. The van der Waals surface area contributed by atoms with Crippen molar-refractivity contribution in [1.29, 1.82) is 0 Å². The Morgan fingerprint density at radius 1 is 0.628 bits per heavy atom. The van der Waals surface area contributed by atoms with Crippen LogP contribution in [0.2, 0.25) is 0 Å². The molecular weight excluding hydrogens is 534 g/mol. The summed E-state index contributed by atoms with van der Waals surface area (Å²) in [6.07, 6.45) is 7.19. The van der Waals surface area contributed by atoms with Gasteiger partial charge >= 0.3 is 0 Å². The first-order valence-electron chi connectivity index (χ1n) is 14.8. The fourth-order valence-corrected chi connectivity index (χ4v) is 5.32. The molecule has 43 heavy (non-hydrogen) atoms. The minimum Gasteiger partial charge on any atom is -0.366 e. The molecule has 3 heterocycles. The Hall–Kier alpha value is -4.89. The zero-order chi connectivity index (χ0) is 29.3. The van der Waals surface area contributed by atoms with E-state index in [2.05, 4.69) is 98.1 Å². The van der Waals surface area contributed by atoms with E-state index in [9.17, 15) is 0 Å². The Kier molecular flexibility index (Phi) is 9.10. The average molecular weight is 572 g/mol. The van der Waals surface area contributed by atoms with Crippen molar-refractivity contribution >= 4 is 5.71 Å². The standard InChI is InChI=1S/C34H37N9/c1-2-31-21-40(18-28-12-6-3-7-13-28)22-32(35-31)23-41(24-33-26-42(38-36-33)19-29-14-8-4-9-15-29)25-34-27-43(39-37-34)20-30-16-10-5-11-17-30/h3-17,22,26-27H,2,18-21,23-25H2,1H3. The van der Waals surface area contributed by atoms with Crippen LogP contribution in [0.25, 0.3) is 0 Å². The van der Waals surface area contributed by atoms with Gasteiger partial charge in [-0.05, 0) is 23.1 Å². The van der Waals surface area contributed by atoms with Crippen LogP contribution in [-0.4, -0.2) is 58.6 Å². The Morgan fingerprint density at radius 2 is 1.12 bits per heavy atom. The molecule has 0 spiro atoms. The first-order chi connectivity index (χ1) is 21.2. The molecule has 0 atom stereocenters. The zero-order valence-corrected chi connectivity index (χ0v) is 24.6. The molecule has 0 amide bonds. The quantitative estimate of drug-likeness (QED) is 0.194. The van der Waals surface area contributed by atoms with Crippen LogP contribution in [0.4, 0.5) is 0 Å². The molecule has 218 valence electrons. The molecule has 5 aromatic rings. The molecule has 0 unspecified atom stereocenters. The summed E-state index contributed by atoms with van der Waals surface area (Å²) in [6.45, 7) is 7.14. The number of hydrogen-bond donors (Lipinski definition) is 0. The third-order valence-electron chi connectivity index (χ3n) is 7.36. The third-order valence-corrected chi connectivity index (χ3v) is 7.36. The lowest BCUT2D eigenvalue weighted by Crippen LogP contribution is -2.32. The first kappa shape index (κ1) is 28.2. The average Bonchev–Trinajstić information content (AvgIpc) is 3.67. The monoisotopic (exact) mass is 571 g/mol. The summed E-state index contributed by atoms with van der Waals surface area (Å²) in [4.78, 5) is 9.73. The molecule has 0 saturated carbocycles. The molecule has 9 heteroatoms. The van der Waals surface area contributed by atoms with Crippen LogP contribution in [-0.2, 0) is 32.7 Å². The highest BCUT2D eigenvalue weighted by Gasteiger charge is 2.19. The van der Waals surface area contributed by atoms with Crippen molar-refractivity contribution in [2.45, 2.75) is 46.1 Å². The Morgan fingerprint density at radius 3 is 1.60 bits per heavy atom. The van der Waals surface area contributed by atoms with E-state index in [0.717, 1.165) is 36.6 Å². The van der Waals surface area contributed by atoms with E-state index >= 15 is 0 Å². The van der Waals surface area contributed by atoms with Gasteiger partial charge in [0.15, 0.2) is 0 Å². The van der Waals surface area contributed by atoms with Crippen molar-refractivity contribution in [2.24, 2.45) is 4.99 Å². The molecule has 3 aromatic carbocycles. The van der Waals surface area contributed by atoms with Crippen molar-refractivity contribution in [3.05, 3.63) is 143 Å². The van der Waals surface area contributed by atoms with Crippen LogP contribution < -0.4 is 0 Å². The van der Waals surface area contributed by atoms with E-state index in [-0.39, 0.29) is 0 Å². The lowest BCUT2D eigenvalue weighted by atomic mass is 10.1. The van der Waals surface area contributed by atoms with E-state index in [4.69, 9.17) is 4.99 Å². The fraction of sp³-hybridized carbons (Fsp3) is 0.265. The normalized spacial score (nSPS) is 13.3. The maximum atomic E-state index is 5.05. The van der Waals surface area contributed by atoms with Crippen molar-refractivity contribution in [3.63, 3.8) is 0 Å². The minimum atomic E-state index is 0.618. The second kappa shape index (κ2) is 13.8. The molecule has 0 N–H and O–H groups in total. The Labute approximate surface area is 252 Å². The maximum Gasteiger partial charge on any atom is 0.0967 e. The van der Waals surface area contributed by atoms with Crippen molar-refractivity contribution in [3.8, 4) is 0 Å². The summed E-state index contributed by atoms with van der Waals surface area (Å²) in [5.41, 5.74) is 7.71. The van der Waals surface area contributed by atoms with Gasteiger partial charge in [0.2, 0.25) is 0 Å². The number of nitrogens with zero attached hydrogens (tertiary/aromatic N) is 9. The Bertz CT molecular complexity index is 1560. The topological polar surface area (TPSA) is 80.3 Å². The fourth-order valence-electron chi connectivity index (χ4n) is 5.32. The van der Waals surface area contributed by atoms with Crippen LogP contribution in [0.1, 0.15) is 41.4 Å². The highest BCUT2D eigenvalue weighted by molar-refractivity contribution is 5.87. The van der Waals surface area contributed by atoms with Gasteiger partial charge in [0.05, 0.1) is 49.1 Å². The number of aliphatic imine (C=N–C) groups is 1. The number of rotatable bonds is 13. The molecule has 0 aliphatic carbocycles. The van der Waals surface area contributed by atoms with Gasteiger partial charge in [0, 0.05) is 38.1 Å². The first-order valence-corrected chi connectivity index (χ1v) is 14.8. The number of hydrogen-bond acceptors (Lipinski definition) is 7. The van der Waals surface area contributed by atoms with Gasteiger partial charge < -0.3 is 4.90 Å². The summed E-state index contributed by atoms with van der Waals surface area (Å²) in [5.74, 6) is 0. The van der Waals surface area contributed by atoms with E-state index in [1.807, 2.05) is 58.2 Å². The van der Waals surface area contributed by atoms with Crippen LogP contribution >= 0.6 is 0 Å². The van der Waals surface area contributed by atoms with Gasteiger partial charge in [-0.2, -0.15) is 0 Å².